The zero-order valence-electron chi connectivity index (χ0n) is 7.19. The second-order valence-electron chi connectivity index (χ2n) is 3.31. The molecule has 0 saturated carbocycles. The van der Waals surface area contributed by atoms with Crippen molar-refractivity contribution < 1.29 is 0 Å². The van der Waals surface area contributed by atoms with Crippen LogP contribution in [0, 0.1) is 0 Å². The molecule has 1 rings (SSSR count). The van der Waals surface area contributed by atoms with Crippen LogP contribution >= 0.6 is 0 Å². The fourth-order valence-corrected chi connectivity index (χ4v) is 1.75. The fraction of sp³-hybridized carbons (Fsp3) is 1.00. The maximum absolute atomic E-state index is 3.65. The molecule has 1 fully saturated rings. The normalized spacial score (nSPS) is 34.2. The molecule has 0 aromatic heterocycles. The lowest BCUT2D eigenvalue weighted by Gasteiger charge is -2.29. The SMILES string of the molecule is CC[C@@H]1CCC[C@@H](CC)N1. The minimum atomic E-state index is 0.818. The zero-order chi connectivity index (χ0) is 7.40. The first-order valence-electron chi connectivity index (χ1n) is 4.62. The number of rotatable bonds is 2. The number of piperidine rings is 1. The standard InChI is InChI=1S/C9H19N/c1-3-8-6-5-7-9(4-2)10-8/h8-10H,3-7H2,1-2H3/t8-,9-/m1/s1. The summed E-state index contributed by atoms with van der Waals surface area (Å²) in [6.07, 6.45) is 6.83. The van der Waals surface area contributed by atoms with E-state index in [0.717, 1.165) is 12.1 Å². The van der Waals surface area contributed by atoms with Crippen LogP contribution in [0.2, 0.25) is 0 Å². The lowest BCUT2D eigenvalue weighted by molar-refractivity contribution is 0.308. The molecule has 0 amide bonds. The Morgan fingerprint density at radius 1 is 1.10 bits per heavy atom. The highest BCUT2D eigenvalue weighted by Crippen LogP contribution is 2.16. The van der Waals surface area contributed by atoms with E-state index in [4.69, 9.17) is 0 Å². The lowest BCUT2D eigenvalue weighted by Crippen LogP contribution is -2.41. The quantitative estimate of drug-likeness (QED) is 0.622. The van der Waals surface area contributed by atoms with Crippen molar-refractivity contribution in [1.29, 1.82) is 0 Å². The third kappa shape index (κ3) is 1.98. The van der Waals surface area contributed by atoms with E-state index in [-0.39, 0.29) is 0 Å². The molecule has 1 heteroatoms. The topological polar surface area (TPSA) is 12.0 Å². The summed E-state index contributed by atoms with van der Waals surface area (Å²) >= 11 is 0. The van der Waals surface area contributed by atoms with Gasteiger partial charge in [-0.2, -0.15) is 0 Å². The van der Waals surface area contributed by atoms with E-state index < -0.39 is 0 Å². The molecular formula is C9H19N. The zero-order valence-corrected chi connectivity index (χ0v) is 7.19. The lowest BCUT2D eigenvalue weighted by atomic mass is 9.96. The van der Waals surface area contributed by atoms with Crippen LogP contribution in [-0.4, -0.2) is 12.1 Å². The van der Waals surface area contributed by atoms with E-state index in [2.05, 4.69) is 19.2 Å². The van der Waals surface area contributed by atoms with Crippen molar-refractivity contribution in [2.75, 3.05) is 0 Å². The second kappa shape index (κ2) is 3.97. The molecule has 1 aliphatic heterocycles. The van der Waals surface area contributed by atoms with Gasteiger partial charge < -0.3 is 5.32 Å². The minimum Gasteiger partial charge on any atom is -0.311 e. The first-order chi connectivity index (χ1) is 4.86. The van der Waals surface area contributed by atoms with Gasteiger partial charge in [0.25, 0.3) is 0 Å². The predicted octanol–water partition coefficient (Wildman–Crippen LogP) is 2.32. The summed E-state index contributed by atoms with van der Waals surface area (Å²) in [5.41, 5.74) is 0. The summed E-state index contributed by atoms with van der Waals surface area (Å²) in [4.78, 5) is 0. The molecule has 0 aromatic rings. The molecule has 0 radical (unpaired) electrons. The summed E-state index contributed by atoms with van der Waals surface area (Å²) in [5, 5.41) is 3.65. The Labute approximate surface area is 64.2 Å². The van der Waals surface area contributed by atoms with Gasteiger partial charge in [0.15, 0.2) is 0 Å². The van der Waals surface area contributed by atoms with Gasteiger partial charge in [-0.1, -0.05) is 20.3 Å². The van der Waals surface area contributed by atoms with Crippen LogP contribution in [0.15, 0.2) is 0 Å². The molecule has 1 N–H and O–H groups in total. The molecule has 0 spiro atoms. The Bertz CT molecular complexity index is 80.7. The molecule has 10 heavy (non-hydrogen) atoms. The van der Waals surface area contributed by atoms with Crippen molar-refractivity contribution in [1.82, 2.24) is 5.32 Å². The van der Waals surface area contributed by atoms with Gasteiger partial charge in [0.1, 0.15) is 0 Å². The van der Waals surface area contributed by atoms with Gasteiger partial charge in [0, 0.05) is 12.1 Å². The van der Waals surface area contributed by atoms with Gasteiger partial charge in [0.05, 0.1) is 0 Å². The number of nitrogens with one attached hydrogen (secondary N) is 1. The van der Waals surface area contributed by atoms with Crippen LogP contribution in [0.4, 0.5) is 0 Å². The Morgan fingerprint density at radius 2 is 1.60 bits per heavy atom. The Morgan fingerprint density at radius 3 is 2.00 bits per heavy atom. The third-order valence-corrected chi connectivity index (χ3v) is 2.56. The van der Waals surface area contributed by atoms with Gasteiger partial charge >= 0.3 is 0 Å². The molecule has 2 atom stereocenters. The van der Waals surface area contributed by atoms with E-state index in [1.54, 1.807) is 0 Å². The van der Waals surface area contributed by atoms with Gasteiger partial charge in [-0.3, -0.25) is 0 Å². The molecule has 0 aliphatic carbocycles. The first kappa shape index (κ1) is 8.06. The highest BCUT2D eigenvalue weighted by Gasteiger charge is 2.17. The average Bonchev–Trinajstić information content (AvgIpc) is 2.05. The Hall–Kier alpha value is -0.0400. The summed E-state index contributed by atoms with van der Waals surface area (Å²) in [6.45, 7) is 4.55. The summed E-state index contributed by atoms with van der Waals surface area (Å²) in [7, 11) is 0. The van der Waals surface area contributed by atoms with Crippen LogP contribution in [-0.2, 0) is 0 Å². The monoisotopic (exact) mass is 141 g/mol. The highest BCUT2D eigenvalue weighted by atomic mass is 15.0. The third-order valence-electron chi connectivity index (χ3n) is 2.56. The molecule has 0 aromatic carbocycles. The summed E-state index contributed by atoms with van der Waals surface area (Å²) in [6, 6.07) is 1.64. The maximum atomic E-state index is 3.65. The molecule has 60 valence electrons. The van der Waals surface area contributed by atoms with Crippen molar-refractivity contribution in [2.45, 2.75) is 58.0 Å². The van der Waals surface area contributed by atoms with Crippen molar-refractivity contribution in [3.05, 3.63) is 0 Å². The van der Waals surface area contributed by atoms with Crippen molar-refractivity contribution >= 4 is 0 Å². The Kier molecular flexibility index (Phi) is 3.20. The molecule has 1 aliphatic rings. The van der Waals surface area contributed by atoms with E-state index in [1.165, 1.54) is 32.1 Å². The fourth-order valence-electron chi connectivity index (χ4n) is 1.75. The maximum Gasteiger partial charge on any atom is 0.00670 e. The van der Waals surface area contributed by atoms with Crippen molar-refractivity contribution in [3.8, 4) is 0 Å². The molecule has 0 unspecified atom stereocenters. The predicted molar refractivity (Wildman–Crippen MR) is 45.1 cm³/mol. The summed E-state index contributed by atoms with van der Waals surface area (Å²) in [5.74, 6) is 0. The largest absolute Gasteiger partial charge is 0.311 e. The van der Waals surface area contributed by atoms with Gasteiger partial charge in [0.2, 0.25) is 0 Å². The van der Waals surface area contributed by atoms with E-state index in [9.17, 15) is 0 Å². The van der Waals surface area contributed by atoms with Crippen LogP contribution in [0.5, 0.6) is 0 Å². The van der Waals surface area contributed by atoms with Gasteiger partial charge in [-0.05, 0) is 25.7 Å². The molecular weight excluding hydrogens is 122 g/mol. The van der Waals surface area contributed by atoms with Crippen molar-refractivity contribution in [2.24, 2.45) is 0 Å². The number of hydrogen-bond donors (Lipinski definition) is 1. The first-order valence-corrected chi connectivity index (χ1v) is 4.62. The van der Waals surface area contributed by atoms with E-state index >= 15 is 0 Å². The van der Waals surface area contributed by atoms with Crippen molar-refractivity contribution in [3.63, 3.8) is 0 Å². The van der Waals surface area contributed by atoms with E-state index in [1.807, 2.05) is 0 Å². The molecule has 1 nitrogen and oxygen atoms in total. The molecule has 0 bridgehead atoms. The number of hydrogen-bond acceptors (Lipinski definition) is 1. The van der Waals surface area contributed by atoms with Gasteiger partial charge in [-0.15, -0.1) is 0 Å². The van der Waals surface area contributed by atoms with Crippen LogP contribution < -0.4 is 5.32 Å². The molecule has 1 saturated heterocycles. The van der Waals surface area contributed by atoms with Crippen LogP contribution in [0.25, 0.3) is 0 Å². The average molecular weight is 141 g/mol. The van der Waals surface area contributed by atoms with Crippen LogP contribution in [0.1, 0.15) is 46.0 Å². The smallest absolute Gasteiger partial charge is 0.00670 e. The van der Waals surface area contributed by atoms with E-state index in [0.29, 0.717) is 0 Å². The molecule has 1 heterocycles. The Balaban J connectivity index is 2.25. The van der Waals surface area contributed by atoms with Gasteiger partial charge in [-0.25, -0.2) is 0 Å². The van der Waals surface area contributed by atoms with Crippen LogP contribution in [0.3, 0.4) is 0 Å². The minimum absolute atomic E-state index is 0.818. The summed E-state index contributed by atoms with van der Waals surface area (Å²) < 4.78 is 0. The second-order valence-corrected chi connectivity index (χ2v) is 3.31. The highest BCUT2D eigenvalue weighted by molar-refractivity contribution is 4.78.